The fourth-order valence-corrected chi connectivity index (χ4v) is 5.28. The summed E-state index contributed by atoms with van der Waals surface area (Å²) >= 11 is 0. The van der Waals surface area contributed by atoms with Crippen molar-refractivity contribution >= 4 is 17.7 Å². The molecule has 0 rings (SSSR count). The number of ketones is 1. The minimum atomic E-state index is -0.903. The summed E-state index contributed by atoms with van der Waals surface area (Å²) in [7, 11) is 0. The quantitative estimate of drug-likeness (QED) is 0.0517. The Morgan fingerprint density at radius 1 is 0.333 bits per heavy atom. The smallest absolute Gasteiger partial charge is 0.550 e. The van der Waals surface area contributed by atoms with E-state index < -0.39 is 11.9 Å². The Kier molecular flexibility index (Phi) is 54.1. The van der Waals surface area contributed by atoms with E-state index in [4.69, 9.17) is 0 Å². The van der Waals surface area contributed by atoms with Crippen LogP contribution in [0.3, 0.4) is 0 Å². The molecule has 6 heteroatoms. The number of hydrogen-bond donors (Lipinski definition) is 0. The summed E-state index contributed by atoms with van der Waals surface area (Å²) in [6, 6.07) is 0. The first-order chi connectivity index (χ1) is 21.3. The molecule has 0 aliphatic carbocycles. The van der Waals surface area contributed by atoms with Crippen molar-refractivity contribution in [3.8, 4) is 0 Å². The zero-order valence-corrected chi connectivity index (χ0v) is 33.8. The van der Waals surface area contributed by atoms with Gasteiger partial charge in [-0.2, -0.15) is 0 Å². The van der Waals surface area contributed by atoms with Gasteiger partial charge in [-0.25, -0.2) is 0 Å². The van der Waals surface area contributed by atoms with Gasteiger partial charge in [-0.05, 0) is 39.5 Å². The van der Waals surface area contributed by atoms with Crippen molar-refractivity contribution in [2.75, 3.05) is 0 Å². The normalized spacial score (nSPS) is 10.2. The predicted octanol–water partition coefficient (Wildman–Crippen LogP) is 10.6. The van der Waals surface area contributed by atoms with Crippen LogP contribution in [0.25, 0.3) is 0 Å². The molecular formula is C39H76O5Zn. The first-order valence-corrected chi connectivity index (χ1v) is 19.1. The van der Waals surface area contributed by atoms with Gasteiger partial charge in [0.25, 0.3) is 0 Å². The molecular weight excluding hydrogens is 614 g/mol. The third kappa shape index (κ3) is 66.6. The maximum absolute atomic E-state index is 10.2. The molecule has 0 bridgehead atoms. The second-order valence-electron chi connectivity index (χ2n) is 13.1. The van der Waals surface area contributed by atoms with Crippen molar-refractivity contribution in [1.82, 2.24) is 0 Å². The molecule has 0 fully saturated rings. The second kappa shape index (κ2) is 47.6. The molecule has 0 unspecified atom stereocenters. The number of aliphatic carboxylic acids is 2. The minimum absolute atomic E-state index is 0. The molecule has 0 saturated heterocycles. The van der Waals surface area contributed by atoms with Crippen molar-refractivity contribution in [1.29, 1.82) is 0 Å². The van der Waals surface area contributed by atoms with Crippen molar-refractivity contribution in [3.05, 3.63) is 0 Å². The molecule has 5 nitrogen and oxygen atoms in total. The van der Waals surface area contributed by atoms with Crippen molar-refractivity contribution in [3.63, 3.8) is 0 Å². The van der Waals surface area contributed by atoms with Crippen LogP contribution >= 0.6 is 0 Å². The first-order valence-electron chi connectivity index (χ1n) is 19.1. The number of carboxylic acids is 2. The van der Waals surface area contributed by atoms with Gasteiger partial charge in [0, 0.05) is 11.9 Å². The van der Waals surface area contributed by atoms with Gasteiger partial charge in [0.1, 0.15) is 5.78 Å². The van der Waals surface area contributed by atoms with Crippen LogP contribution < -0.4 is 10.2 Å². The summed E-state index contributed by atoms with van der Waals surface area (Å²) in [6.45, 7) is 7.59. The van der Waals surface area contributed by atoms with Gasteiger partial charge in [-0.15, -0.1) is 0 Å². The van der Waals surface area contributed by atoms with E-state index >= 15 is 0 Å². The monoisotopic (exact) mass is 688 g/mol. The molecule has 0 atom stereocenters. The molecule has 0 aromatic carbocycles. The SMILES string of the molecule is CC(C)=O.CCCCCCCCCCCCCCCCCC(=O)[O-].CCCCCCCCCCCCCCCCCC(=O)[O-].[Zn+2]. The topological polar surface area (TPSA) is 97.3 Å². The molecule has 264 valence electrons. The van der Waals surface area contributed by atoms with Crippen molar-refractivity contribution in [2.45, 2.75) is 233 Å². The number of Topliss-reactive ketones (excluding diaryl/α,β-unsaturated/α-hetero) is 1. The molecule has 0 heterocycles. The number of rotatable bonds is 32. The van der Waals surface area contributed by atoms with E-state index in [-0.39, 0.29) is 38.1 Å². The molecule has 45 heavy (non-hydrogen) atoms. The van der Waals surface area contributed by atoms with Crippen molar-refractivity contribution in [2.24, 2.45) is 0 Å². The van der Waals surface area contributed by atoms with E-state index in [0.29, 0.717) is 0 Å². The number of carbonyl (C=O) groups excluding carboxylic acids is 3. The van der Waals surface area contributed by atoms with Gasteiger partial charge < -0.3 is 24.6 Å². The summed E-state index contributed by atoms with van der Waals surface area (Å²) in [4.78, 5) is 29.9. The number of carbonyl (C=O) groups is 3. The number of hydrogen-bond acceptors (Lipinski definition) is 5. The van der Waals surface area contributed by atoms with E-state index in [1.807, 2.05) is 0 Å². The third-order valence-electron chi connectivity index (χ3n) is 7.97. The van der Waals surface area contributed by atoms with Crippen LogP contribution in [0.15, 0.2) is 0 Å². The van der Waals surface area contributed by atoms with Crippen LogP contribution in [0.4, 0.5) is 0 Å². The van der Waals surface area contributed by atoms with Crippen LogP contribution in [-0.4, -0.2) is 17.7 Å². The van der Waals surface area contributed by atoms with Crippen LogP contribution in [0.2, 0.25) is 0 Å². The van der Waals surface area contributed by atoms with Gasteiger partial charge in [0.2, 0.25) is 0 Å². The Morgan fingerprint density at radius 2 is 0.467 bits per heavy atom. The average Bonchev–Trinajstić information content (AvgIpc) is 2.97. The largest absolute Gasteiger partial charge is 2.00 e. The molecule has 0 radical (unpaired) electrons. The fraction of sp³-hybridized carbons (Fsp3) is 0.923. The predicted molar refractivity (Wildman–Crippen MR) is 185 cm³/mol. The van der Waals surface area contributed by atoms with E-state index in [2.05, 4.69) is 13.8 Å². The zero-order valence-electron chi connectivity index (χ0n) is 30.9. The maximum Gasteiger partial charge on any atom is 2.00 e. The summed E-state index contributed by atoms with van der Waals surface area (Å²) < 4.78 is 0. The summed E-state index contributed by atoms with van der Waals surface area (Å²) in [5.74, 6) is -1.64. The van der Waals surface area contributed by atoms with Crippen LogP contribution in [-0.2, 0) is 33.9 Å². The molecule has 0 aromatic heterocycles. The Morgan fingerprint density at radius 3 is 0.600 bits per heavy atom. The maximum atomic E-state index is 10.2. The fourth-order valence-electron chi connectivity index (χ4n) is 5.28. The number of unbranched alkanes of at least 4 members (excludes halogenated alkanes) is 28. The minimum Gasteiger partial charge on any atom is -0.550 e. The van der Waals surface area contributed by atoms with Crippen LogP contribution in [0.5, 0.6) is 0 Å². The van der Waals surface area contributed by atoms with Crippen LogP contribution in [0.1, 0.15) is 233 Å². The van der Waals surface area contributed by atoms with E-state index in [1.54, 1.807) is 0 Å². The third-order valence-corrected chi connectivity index (χ3v) is 7.97. The van der Waals surface area contributed by atoms with Gasteiger partial charge in [0.05, 0.1) is 0 Å². The van der Waals surface area contributed by atoms with Gasteiger partial charge in [0.15, 0.2) is 0 Å². The standard InChI is InChI=1S/2C18H36O2.C3H6O.Zn/c2*1-2-3-4-5-6-7-8-9-10-11-12-13-14-15-16-17-18(19)20;1-3(2)4;/h2*2-17H2,1H3,(H,19,20);1-2H3;/q;;;+2/p-2. The van der Waals surface area contributed by atoms with E-state index in [1.165, 1.54) is 181 Å². The Hall–Kier alpha value is -0.767. The molecule has 0 aliphatic rings. The van der Waals surface area contributed by atoms with Gasteiger partial charge >= 0.3 is 19.5 Å². The Bertz CT molecular complexity index is 534. The van der Waals surface area contributed by atoms with Crippen LogP contribution in [0, 0.1) is 0 Å². The Labute approximate surface area is 294 Å². The summed E-state index contributed by atoms with van der Waals surface area (Å²) in [5.41, 5.74) is 0. The van der Waals surface area contributed by atoms with Gasteiger partial charge in [-0.1, -0.05) is 194 Å². The second-order valence-corrected chi connectivity index (χ2v) is 13.1. The first kappa shape index (κ1) is 51.1. The zero-order chi connectivity index (χ0) is 33.4. The number of carboxylic acid groups (broad SMARTS) is 2. The summed E-state index contributed by atoms with van der Waals surface area (Å²) in [6.07, 6.45) is 39.7. The Balaban J connectivity index is -0.000000327. The van der Waals surface area contributed by atoms with E-state index in [0.717, 1.165) is 25.7 Å². The van der Waals surface area contributed by atoms with Gasteiger partial charge in [-0.3, -0.25) is 0 Å². The van der Waals surface area contributed by atoms with Crippen molar-refractivity contribution < 1.29 is 44.1 Å². The molecule has 0 aliphatic heterocycles. The molecule has 0 N–H and O–H groups in total. The molecule has 0 aromatic rings. The summed E-state index contributed by atoms with van der Waals surface area (Å²) in [5, 5.41) is 20.4. The average molecular weight is 690 g/mol. The molecule has 0 spiro atoms. The molecule has 0 saturated carbocycles. The van der Waals surface area contributed by atoms with E-state index in [9.17, 15) is 24.6 Å². The molecule has 0 amide bonds.